The van der Waals surface area contributed by atoms with E-state index in [4.69, 9.17) is 0 Å². The van der Waals surface area contributed by atoms with Gasteiger partial charge in [-0.1, -0.05) is 6.07 Å². The van der Waals surface area contributed by atoms with Crippen LogP contribution in [0.1, 0.15) is 20.3 Å². The van der Waals surface area contributed by atoms with Crippen LogP contribution in [0.15, 0.2) is 24.3 Å². The SMILES string of the molecule is CC(C)N1CCC(=O)N(c2cccc(F)c2)C1=O. The van der Waals surface area contributed by atoms with Gasteiger partial charge < -0.3 is 4.90 Å². The highest BCUT2D eigenvalue weighted by Gasteiger charge is 2.34. The molecule has 96 valence electrons. The van der Waals surface area contributed by atoms with Crippen LogP contribution in [0.3, 0.4) is 0 Å². The fraction of sp³-hybridized carbons (Fsp3) is 0.385. The van der Waals surface area contributed by atoms with Crippen molar-refractivity contribution in [2.75, 3.05) is 11.4 Å². The van der Waals surface area contributed by atoms with E-state index in [1.807, 2.05) is 13.8 Å². The highest BCUT2D eigenvalue weighted by atomic mass is 19.1. The van der Waals surface area contributed by atoms with Gasteiger partial charge in [0.2, 0.25) is 5.91 Å². The maximum atomic E-state index is 13.2. The molecule has 0 atom stereocenters. The fourth-order valence-corrected chi connectivity index (χ4v) is 2.01. The molecule has 2 rings (SSSR count). The molecular formula is C13H15FN2O2. The number of rotatable bonds is 2. The standard InChI is InChI=1S/C13H15FN2O2/c1-9(2)15-7-6-12(17)16(13(15)18)11-5-3-4-10(14)8-11/h3-5,8-9H,6-7H2,1-2H3. The van der Waals surface area contributed by atoms with Crippen molar-refractivity contribution >= 4 is 17.6 Å². The van der Waals surface area contributed by atoms with Crippen molar-refractivity contribution in [3.05, 3.63) is 30.1 Å². The molecule has 0 aliphatic carbocycles. The van der Waals surface area contributed by atoms with Gasteiger partial charge in [0.1, 0.15) is 5.82 Å². The van der Waals surface area contributed by atoms with Gasteiger partial charge in [0, 0.05) is 19.0 Å². The number of amides is 3. The highest BCUT2D eigenvalue weighted by molar-refractivity contribution is 6.15. The van der Waals surface area contributed by atoms with Crippen molar-refractivity contribution in [2.45, 2.75) is 26.3 Å². The molecule has 4 nitrogen and oxygen atoms in total. The van der Waals surface area contributed by atoms with Crippen LogP contribution in [0.25, 0.3) is 0 Å². The Labute approximate surface area is 105 Å². The maximum absolute atomic E-state index is 13.2. The van der Waals surface area contributed by atoms with E-state index in [0.717, 1.165) is 4.90 Å². The largest absolute Gasteiger partial charge is 0.331 e. The van der Waals surface area contributed by atoms with Crippen LogP contribution in [-0.2, 0) is 4.79 Å². The normalized spacial score (nSPS) is 16.7. The summed E-state index contributed by atoms with van der Waals surface area (Å²) in [6.45, 7) is 4.19. The third kappa shape index (κ3) is 2.20. The van der Waals surface area contributed by atoms with Gasteiger partial charge in [-0.15, -0.1) is 0 Å². The minimum atomic E-state index is -0.463. The van der Waals surface area contributed by atoms with Crippen LogP contribution in [0, 0.1) is 5.82 Å². The van der Waals surface area contributed by atoms with Gasteiger partial charge in [0.15, 0.2) is 0 Å². The number of hydrogen-bond acceptors (Lipinski definition) is 2. The third-order valence-corrected chi connectivity index (χ3v) is 2.94. The fourth-order valence-electron chi connectivity index (χ4n) is 2.01. The van der Waals surface area contributed by atoms with Gasteiger partial charge in [-0.2, -0.15) is 0 Å². The molecule has 3 amide bonds. The second-order valence-corrected chi connectivity index (χ2v) is 4.53. The van der Waals surface area contributed by atoms with Gasteiger partial charge >= 0.3 is 6.03 Å². The van der Waals surface area contributed by atoms with Crippen LogP contribution in [0.2, 0.25) is 0 Å². The quantitative estimate of drug-likeness (QED) is 0.808. The summed E-state index contributed by atoms with van der Waals surface area (Å²) in [5.41, 5.74) is 0.287. The van der Waals surface area contributed by atoms with Crippen LogP contribution < -0.4 is 4.90 Å². The first-order chi connectivity index (χ1) is 8.50. The van der Waals surface area contributed by atoms with E-state index in [1.165, 1.54) is 18.2 Å². The predicted molar refractivity (Wildman–Crippen MR) is 65.7 cm³/mol. The lowest BCUT2D eigenvalue weighted by molar-refractivity contribution is -0.119. The predicted octanol–water partition coefficient (Wildman–Crippen LogP) is 2.39. The van der Waals surface area contributed by atoms with E-state index in [-0.39, 0.29) is 30.1 Å². The Hall–Kier alpha value is -1.91. The molecule has 0 bridgehead atoms. The molecule has 0 spiro atoms. The summed E-state index contributed by atoms with van der Waals surface area (Å²) in [5.74, 6) is -0.753. The summed E-state index contributed by atoms with van der Waals surface area (Å²) in [4.78, 5) is 26.7. The highest BCUT2D eigenvalue weighted by Crippen LogP contribution is 2.22. The minimum Gasteiger partial charge on any atom is -0.321 e. The smallest absolute Gasteiger partial charge is 0.321 e. The van der Waals surface area contributed by atoms with E-state index in [0.29, 0.717) is 6.54 Å². The lowest BCUT2D eigenvalue weighted by Gasteiger charge is -2.36. The van der Waals surface area contributed by atoms with Crippen molar-refractivity contribution in [1.82, 2.24) is 4.90 Å². The summed E-state index contributed by atoms with van der Waals surface area (Å²) in [5, 5.41) is 0. The van der Waals surface area contributed by atoms with E-state index in [1.54, 1.807) is 11.0 Å². The number of carbonyl (C=O) groups is 2. The maximum Gasteiger partial charge on any atom is 0.331 e. The van der Waals surface area contributed by atoms with Crippen molar-refractivity contribution in [3.63, 3.8) is 0 Å². The molecule has 1 aromatic rings. The van der Waals surface area contributed by atoms with Crippen molar-refractivity contribution in [3.8, 4) is 0 Å². The second-order valence-electron chi connectivity index (χ2n) is 4.53. The van der Waals surface area contributed by atoms with E-state index in [2.05, 4.69) is 0 Å². The summed E-state index contributed by atoms with van der Waals surface area (Å²) >= 11 is 0. The molecular weight excluding hydrogens is 235 g/mol. The number of imide groups is 1. The minimum absolute atomic E-state index is 0.0154. The Morgan fingerprint density at radius 2 is 2.00 bits per heavy atom. The Kier molecular flexibility index (Phi) is 3.32. The molecule has 0 aromatic heterocycles. The number of hydrogen-bond donors (Lipinski definition) is 0. The Balaban J connectivity index is 2.35. The molecule has 5 heteroatoms. The topological polar surface area (TPSA) is 40.6 Å². The molecule has 1 aliphatic rings. The number of carbonyl (C=O) groups excluding carboxylic acids is 2. The molecule has 18 heavy (non-hydrogen) atoms. The van der Waals surface area contributed by atoms with Crippen molar-refractivity contribution < 1.29 is 14.0 Å². The zero-order valence-corrected chi connectivity index (χ0v) is 10.4. The van der Waals surface area contributed by atoms with Crippen LogP contribution in [0.5, 0.6) is 0 Å². The zero-order valence-electron chi connectivity index (χ0n) is 10.4. The summed E-state index contributed by atoms with van der Waals surface area (Å²) in [7, 11) is 0. The average Bonchev–Trinajstić information content (AvgIpc) is 2.28. The Morgan fingerprint density at radius 3 is 2.61 bits per heavy atom. The van der Waals surface area contributed by atoms with Gasteiger partial charge in [-0.25, -0.2) is 14.1 Å². The lowest BCUT2D eigenvalue weighted by atomic mass is 10.2. The van der Waals surface area contributed by atoms with E-state index >= 15 is 0 Å². The average molecular weight is 250 g/mol. The van der Waals surface area contributed by atoms with E-state index in [9.17, 15) is 14.0 Å². The van der Waals surface area contributed by atoms with Gasteiger partial charge in [-0.05, 0) is 32.0 Å². The van der Waals surface area contributed by atoms with Crippen LogP contribution >= 0.6 is 0 Å². The first-order valence-corrected chi connectivity index (χ1v) is 5.90. The number of anilines is 1. The molecule has 1 heterocycles. The summed E-state index contributed by atoms with van der Waals surface area (Å²) in [6, 6.07) is 5.15. The monoisotopic (exact) mass is 250 g/mol. The molecule has 0 radical (unpaired) electrons. The molecule has 1 aromatic carbocycles. The Morgan fingerprint density at radius 1 is 1.28 bits per heavy atom. The summed E-state index contributed by atoms with van der Waals surface area (Å²) < 4.78 is 13.2. The number of nitrogens with zero attached hydrogens (tertiary/aromatic N) is 2. The van der Waals surface area contributed by atoms with Gasteiger partial charge in [0.25, 0.3) is 0 Å². The lowest BCUT2D eigenvalue weighted by Crippen LogP contribution is -2.54. The van der Waals surface area contributed by atoms with Crippen LogP contribution in [0.4, 0.5) is 14.9 Å². The second kappa shape index (κ2) is 4.76. The van der Waals surface area contributed by atoms with Gasteiger partial charge in [0.05, 0.1) is 5.69 Å². The van der Waals surface area contributed by atoms with Crippen molar-refractivity contribution in [2.24, 2.45) is 0 Å². The first kappa shape index (κ1) is 12.5. The summed E-state index contributed by atoms with van der Waals surface area (Å²) in [6.07, 6.45) is 0.264. The van der Waals surface area contributed by atoms with Crippen LogP contribution in [-0.4, -0.2) is 29.4 Å². The van der Waals surface area contributed by atoms with E-state index < -0.39 is 5.82 Å². The van der Waals surface area contributed by atoms with Crippen molar-refractivity contribution in [1.29, 1.82) is 0 Å². The molecule has 0 N–H and O–H groups in total. The number of urea groups is 1. The third-order valence-electron chi connectivity index (χ3n) is 2.94. The molecule has 1 aliphatic heterocycles. The molecule has 1 fully saturated rings. The van der Waals surface area contributed by atoms with Gasteiger partial charge in [-0.3, -0.25) is 4.79 Å². The number of benzene rings is 1. The molecule has 0 unspecified atom stereocenters. The first-order valence-electron chi connectivity index (χ1n) is 5.90. The Bertz CT molecular complexity index is 488. The molecule has 1 saturated heterocycles. The zero-order chi connectivity index (χ0) is 13.3. The number of halogens is 1. The molecule has 0 saturated carbocycles.